The highest BCUT2D eigenvalue weighted by molar-refractivity contribution is 7.89. The molecule has 2 heterocycles. The molecule has 6 rings (SSSR count). The number of carbonyl (C=O) groups is 1. The van der Waals surface area contributed by atoms with Gasteiger partial charge in [0.25, 0.3) is 5.91 Å². The maximum atomic E-state index is 13.2. The molecular formula is C21H30N2O4S2. The van der Waals surface area contributed by atoms with Crippen LogP contribution in [-0.2, 0) is 14.8 Å². The largest absolute Gasteiger partial charge is 0.379 e. The number of nitrogens with zero attached hydrogens (tertiary/aromatic N) is 1. The van der Waals surface area contributed by atoms with E-state index in [1.807, 2.05) is 0 Å². The molecule has 8 heteroatoms. The number of hydrogen-bond donors (Lipinski definition) is 1. The van der Waals surface area contributed by atoms with Gasteiger partial charge in [-0.2, -0.15) is 4.31 Å². The van der Waals surface area contributed by atoms with Crippen LogP contribution < -0.4 is 5.32 Å². The molecule has 1 aliphatic heterocycles. The molecule has 5 fully saturated rings. The van der Waals surface area contributed by atoms with E-state index in [0.29, 0.717) is 31.2 Å². The number of nitrogens with one attached hydrogen (secondary N) is 1. The van der Waals surface area contributed by atoms with Crippen molar-refractivity contribution in [2.24, 2.45) is 23.2 Å². The van der Waals surface area contributed by atoms with Gasteiger partial charge in [0.1, 0.15) is 9.77 Å². The van der Waals surface area contributed by atoms with Gasteiger partial charge in [-0.05, 0) is 80.1 Å². The fourth-order valence-electron chi connectivity index (χ4n) is 6.72. The Morgan fingerprint density at radius 1 is 1.17 bits per heavy atom. The van der Waals surface area contributed by atoms with E-state index in [2.05, 4.69) is 12.2 Å². The van der Waals surface area contributed by atoms with Crippen molar-refractivity contribution in [1.29, 1.82) is 0 Å². The molecule has 1 unspecified atom stereocenters. The van der Waals surface area contributed by atoms with Crippen LogP contribution in [0.15, 0.2) is 16.3 Å². The van der Waals surface area contributed by atoms with Crippen molar-refractivity contribution >= 4 is 27.3 Å². The molecule has 6 nitrogen and oxygen atoms in total. The summed E-state index contributed by atoms with van der Waals surface area (Å²) < 4.78 is 32.9. The second kappa shape index (κ2) is 7.32. The van der Waals surface area contributed by atoms with Crippen molar-refractivity contribution in [1.82, 2.24) is 9.62 Å². The molecule has 5 aliphatic rings. The minimum absolute atomic E-state index is 0.0736. The number of sulfonamides is 1. The highest BCUT2D eigenvalue weighted by atomic mass is 32.2. The average molecular weight is 439 g/mol. The first-order valence-corrected chi connectivity index (χ1v) is 13.2. The molecule has 0 spiro atoms. The standard InChI is InChI=1S/C21H30N2O4S2/c1-14(21-11-15-8-16(12-21)10-17(9-15)13-21)22-20(24)19-18(2-7-28-19)29(25,26)23-3-5-27-6-4-23/h2,7,14-17H,3-6,8-13H2,1H3,(H,22,24). The molecule has 4 bridgehead atoms. The molecule has 1 atom stereocenters. The fourth-order valence-corrected chi connectivity index (χ4v) is 9.43. The van der Waals surface area contributed by atoms with Crippen molar-refractivity contribution in [3.63, 3.8) is 0 Å². The summed E-state index contributed by atoms with van der Waals surface area (Å²) in [6.45, 7) is 3.60. The maximum Gasteiger partial charge on any atom is 0.262 e. The van der Waals surface area contributed by atoms with Crippen molar-refractivity contribution in [3.05, 3.63) is 16.3 Å². The molecule has 1 aromatic rings. The Hall–Kier alpha value is -0.960. The number of carbonyl (C=O) groups excluding carboxylic acids is 1. The van der Waals surface area contributed by atoms with E-state index >= 15 is 0 Å². The van der Waals surface area contributed by atoms with Crippen LogP contribution >= 0.6 is 11.3 Å². The molecular weight excluding hydrogens is 408 g/mol. The number of ether oxygens (including phenoxy) is 1. The van der Waals surface area contributed by atoms with Gasteiger partial charge in [0, 0.05) is 19.1 Å². The zero-order valence-corrected chi connectivity index (χ0v) is 18.6. The van der Waals surface area contributed by atoms with Gasteiger partial charge in [0.15, 0.2) is 0 Å². The molecule has 1 amide bonds. The third-order valence-electron chi connectivity index (χ3n) is 7.77. The van der Waals surface area contributed by atoms with E-state index in [4.69, 9.17) is 4.74 Å². The van der Waals surface area contributed by atoms with Crippen LogP contribution in [0.25, 0.3) is 0 Å². The van der Waals surface area contributed by atoms with Gasteiger partial charge in [-0.15, -0.1) is 11.3 Å². The summed E-state index contributed by atoms with van der Waals surface area (Å²) in [7, 11) is -3.67. The van der Waals surface area contributed by atoms with Crippen LogP contribution in [0.2, 0.25) is 0 Å². The van der Waals surface area contributed by atoms with Gasteiger partial charge in [0.2, 0.25) is 10.0 Å². The molecule has 1 aromatic heterocycles. The van der Waals surface area contributed by atoms with Crippen LogP contribution in [0.5, 0.6) is 0 Å². The topological polar surface area (TPSA) is 75.7 Å². The van der Waals surface area contributed by atoms with Gasteiger partial charge >= 0.3 is 0 Å². The maximum absolute atomic E-state index is 13.2. The highest BCUT2D eigenvalue weighted by Gasteiger charge is 2.53. The summed E-state index contributed by atoms with van der Waals surface area (Å²) in [6.07, 6.45) is 7.74. The minimum Gasteiger partial charge on any atom is -0.379 e. The number of rotatable bonds is 5. The fraction of sp³-hybridized carbons (Fsp3) is 0.762. The summed E-state index contributed by atoms with van der Waals surface area (Å²) in [6, 6.07) is 1.64. The van der Waals surface area contributed by atoms with Crippen LogP contribution in [0, 0.1) is 23.2 Å². The first kappa shape index (κ1) is 20.0. The normalized spacial score (nSPS) is 35.6. The Morgan fingerprint density at radius 3 is 2.34 bits per heavy atom. The summed E-state index contributed by atoms with van der Waals surface area (Å²) in [4.78, 5) is 13.6. The third kappa shape index (κ3) is 3.46. The number of hydrogen-bond acceptors (Lipinski definition) is 5. The Kier molecular flexibility index (Phi) is 5.04. The summed E-state index contributed by atoms with van der Waals surface area (Å²) >= 11 is 1.22. The molecule has 1 N–H and O–H groups in total. The lowest BCUT2D eigenvalue weighted by molar-refractivity contribution is -0.0687. The van der Waals surface area contributed by atoms with Crippen molar-refractivity contribution < 1.29 is 17.9 Å². The van der Waals surface area contributed by atoms with Crippen molar-refractivity contribution in [2.75, 3.05) is 26.3 Å². The Morgan fingerprint density at radius 2 is 1.76 bits per heavy atom. The Balaban J connectivity index is 1.34. The van der Waals surface area contributed by atoms with Crippen LogP contribution in [-0.4, -0.2) is 51.0 Å². The Bertz CT molecular complexity index is 853. The van der Waals surface area contributed by atoms with Gasteiger partial charge in [-0.25, -0.2) is 8.42 Å². The van der Waals surface area contributed by atoms with E-state index in [1.54, 1.807) is 11.4 Å². The number of thiophene rings is 1. The first-order chi connectivity index (χ1) is 13.9. The summed E-state index contributed by atoms with van der Waals surface area (Å²) in [5.41, 5.74) is 0.199. The molecule has 0 aromatic carbocycles. The molecule has 0 radical (unpaired) electrons. The zero-order valence-electron chi connectivity index (χ0n) is 16.9. The van der Waals surface area contributed by atoms with Gasteiger partial charge in [0.05, 0.1) is 13.2 Å². The zero-order chi connectivity index (χ0) is 20.2. The van der Waals surface area contributed by atoms with Crippen molar-refractivity contribution in [2.45, 2.75) is 56.4 Å². The number of morpholine rings is 1. The molecule has 4 aliphatic carbocycles. The third-order valence-corrected chi connectivity index (χ3v) is 10.8. The Labute approximate surface area is 177 Å². The average Bonchev–Trinajstić information content (AvgIpc) is 3.18. The second-order valence-electron chi connectivity index (χ2n) is 9.61. The minimum atomic E-state index is -3.67. The predicted octanol–water partition coefficient (Wildman–Crippen LogP) is 3.10. The van der Waals surface area contributed by atoms with E-state index in [1.165, 1.54) is 54.2 Å². The number of amides is 1. The summed E-state index contributed by atoms with van der Waals surface area (Å²) in [5.74, 6) is 2.22. The van der Waals surface area contributed by atoms with E-state index < -0.39 is 10.0 Å². The van der Waals surface area contributed by atoms with Gasteiger partial charge in [-0.3, -0.25) is 4.79 Å². The SMILES string of the molecule is CC(NC(=O)c1sccc1S(=O)(=O)N1CCOCC1)C12CC3CC(CC(C3)C1)C2. The van der Waals surface area contributed by atoms with Gasteiger partial charge < -0.3 is 10.1 Å². The lowest BCUT2D eigenvalue weighted by Gasteiger charge is -2.59. The predicted molar refractivity (Wildman–Crippen MR) is 111 cm³/mol. The first-order valence-electron chi connectivity index (χ1n) is 10.8. The van der Waals surface area contributed by atoms with E-state index in [0.717, 1.165) is 17.8 Å². The van der Waals surface area contributed by atoms with Gasteiger partial charge in [-0.1, -0.05) is 0 Å². The second-order valence-corrected chi connectivity index (χ2v) is 12.4. The van der Waals surface area contributed by atoms with Crippen LogP contribution in [0.3, 0.4) is 0 Å². The molecule has 4 saturated carbocycles. The van der Waals surface area contributed by atoms with Crippen LogP contribution in [0.4, 0.5) is 0 Å². The lowest BCUT2D eigenvalue weighted by Crippen LogP contribution is -2.55. The molecule has 29 heavy (non-hydrogen) atoms. The van der Waals surface area contributed by atoms with E-state index in [-0.39, 0.29) is 22.3 Å². The quantitative estimate of drug-likeness (QED) is 0.766. The lowest BCUT2D eigenvalue weighted by atomic mass is 9.48. The highest BCUT2D eigenvalue weighted by Crippen LogP contribution is 2.61. The van der Waals surface area contributed by atoms with Crippen LogP contribution in [0.1, 0.15) is 55.1 Å². The smallest absolute Gasteiger partial charge is 0.262 e. The summed E-state index contributed by atoms with van der Waals surface area (Å²) in [5, 5.41) is 4.92. The van der Waals surface area contributed by atoms with Crippen molar-refractivity contribution in [3.8, 4) is 0 Å². The van der Waals surface area contributed by atoms with E-state index in [9.17, 15) is 13.2 Å². The molecule has 1 saturated heterocycles. The monoisotopic (exact) mass is 438 g/mol. The molecule has 160 valence electrons.